The number of furan rings is 1. The lowest BCUT2D eigenvalue weighted by Gasteiger charge is -2.31. The molecule has 0 saturated carbocycles. The number of nitrogens with one attached hydrogen (secondary N) is 2. The molecule has 3 aromatic rings. The number of hydrogen-bond donors (Lipinski definition) is 2. The number of anilines is 1. The van der Waals surface area contributed by atoms with Gasteiger partial charge in [-0.3, -0.25) is 24.5 Å². The number of halogens is 1. The van der Waals surface area contributed by atoms with Crippen molar-refractivity contribution in [2.24, 2.45) is 5.92 Å². The molecule has 0 aliphatic carbocycles. The minimum atomic E-state index is -1.04. The predicted octanol–water partition coefficient (Wildman–Crippen LogP) is 3.09. The SMILES string of the molecule is O=C(NCC1CCN(C(=O)c2cc3ccccc3o2)CC1)C(=O)Nc1ccc(F)c([N+](=O)[O-])c1. The van der Waals surface area contributed by atoms with E-state index in [1.807, 2.05) is 18.2 Å². The lowest BCUT2D eigenvalue weighted by atomic mass is 9.96. The number of amides is 3. The van der Waals surface area contributed by atoms with Crippen LogP contribution in [0.15, 0.2) is 52.9 Å². The van der Waals surface area contributed by atoms with Crippen LogP contribution in [-0.2, 0) is 9.59 Å². The Morgan fingerprint density at radius 2 is 1.82 bits per heavy atom. The first-order valence-electron chi connectivity index (χ1n) is 10.6. The van der Waals surface area contributed by atoms with Crippen molar-refractivity contribution < 1.29 is 28.1 Å². The molecule has 0 bridgehead atoms. The van der Waals surface area contributed by atoms with Crippen LogP contribution in [0.1, 0.15) is 23.4 Å². The minimum absolute atomic E-state index is 0.0642. The van der Waals surface area contributed by atoms with E-state index in [9.17, 15) is 28.9 Å². The molecule has 2 N–H and O–H groups in total. The summed E-state index contributed by atoms with van der Waals surface area (Å²) in [6.45, 7) is 1.21. The molecule has 4 rings (SSSR count). The van der Waals surface area contributed by atoms with Crippen molar-refractivity contribution in [3.63, 3.8) is 0 Å². The van der Waals surface area contributed by atoms with Crippen LogP contribution in [0.5, 0.6) is 0 Å². The van der Waals surface area contributed by atoms with E-state index in [0.29, 0.717) is 31.5 Å². The summed E-state index contributed by atoms with van der Waals surface area (Å²) in [4.78, 5) is 48.5. The fourth-order valence-electron chi connectivity index (χ4n) is 3.82. The molecular weight excluding hydrogens is 447 g/mol. The molecular formula is C23H21FN4O6. The van der Waals surface area contributed by atoms with Gasteiger partial charge in [0.25, 0.3) is 5.91 Å². The van der Waals surface area contributed by atoms with Crippen LogP contribution in [0.4, 0.5) is 15.8 Å². The van der Waals surface area contributed by atoms with Crippen LogP contribution in [0.25, 0.3) is 11.0 Å². The molecule has 0 unspecified atom stereocenters. The molecule has 0 radical (unpaired) electrons. The third kappa shape index (κ3) is 5.03. The average molecular weight is 468 g/mol. The first-order chi connectivity index (χ1) is 16.3. The summed E-state index contributed by atoms with van der Waals surface area (Å²) < 4.78 is 19.0. The Bertz CT molecular complexity index is 1230. The summed E-state index contributed by atoms with van der Waals surface area (Å²) in [6.07, 6.45) is 1.27. The maximum absolute atomic E-state index is 13.4. The molecule has 11 heteroatoms. The standard InChI is InChI=1S/C23H21FN4O6/c24-17-6-5-16(12-18(17)28(32)33)26-22(30)21(29)25-13-14-7-9-27(10-8-14)23(31)20-11-15-3-1-2-4-19(15)34-20/h1-6,11-12,14H,7-10,13H2,(H,25,29)(H,26,30). The van der Waals surface area contributed by atoms with Crippen molar-refractivity contribution in [1.82, 2.24) is 10.2 Å². The van der Waals surface area contributed by atoms with Crippen LogP contribution < -0.4 is 10.6 Å². The second kappa shape index (κ2) is 9.69. The number of hydrogen-bond acceptors (Lipinski definition) is 6. The predicted molar refractivity (Wildman–Crippen MR) is 120 cm³/mol. The number of nitrogens with zero attached hydrogens (tertiary/aromatic N) is 2. The molecule has 10 nitrogen and oxygen atoms in total. The number of carbonyl (C=O) groups is 3. The number of benzene rings is 2. The van der Waals surface area contributed by atoms with E-state index in [1.165, 1.54) is 0 Å². The molecule has 2 aromatic carbocycles. The van der Waals surface area contributed by atoms with E-state index >= 15 is 0 Å². The van der Waals surface area contributed by atoms with Gasteiger partial charge in [-0.1, -0.05) is 18.2 Å². The molecule has 1 fully saturated rings. The number of nitro groups is 1. The number of nitro benzene ring substituents is 1. The summed E-state index contributed by atoms with van der Waals surface area (Å²) >= 11 is 0. The Morgan fingerprint density at radius 3 is 2.53 bits per heavy atom. The Balaban J connectivity index is 1.24. The van der Waals surface area contributed by atoms with Crippen LogP contribution in [-0.4, -0.2) is 47.2 Å². The van der Waals surface area contributed by atoms with Gasteiger partial charge >= 0.3 is 17.5 Å². The molecule has 0 spiro atoms. The zero-order chi connectivity index (χ0) is 24.2. The third-order valence-corrected chi connectivity index (χ3v) is 5.70. The first kappa shape index (κ1) is 22.9. The van der Waals surface area contributed by atoms with Crippen molar-refractivity contribution in [2.45, 2.75) is 12.8 Å². The van der Waals surface area contributed by atoms with Gasteiger partial charge < -0.3 is 20.0 Å². The monoisotopic (exact) mass is 468 g/mol. The van der Waals surface area contributed by atoms with E-state index in [2.05, 4.69) is 10.6 Å². The Morgan fingerprint density at radius 1 is 1.09 bits per heavy atom. The summed E-state index contributed by atoms with van der Waals surface area (Å²) in [5.41, 5.74) is -0.218. The lowest BCUT2D eigenvalue weighted by molar-refractivity contribution is -0.387. The van der Waals surface area contributed by atoms with Crippen LogP contribution in [0.2, 0.25) is 0 Å². The van der Waals surface area contributed by atoms with Crippen LogP contribution >= 0.6 is 0 Å². The fraction of sp³-hybridized carbons (Fsp3) is 0.261. The highest BCUT2D eigenvalue weighted by molar-refractivity contribution is 6.39. The van der Waals surface area contributed by atoms with Gasteiger partial charge in [-0.15, -0.1) is 0 Å². The first-order valence-corrected chi connectivity index (χ1v) is 10.6. The lowest BCUT2D eigenvalue weighted by Crippen LogP contribution is -2.43. The number of carbonyl (C=O) groups excluding carboxylic acids is 3. The second-order valence-corrected chi connectivity index (χ2v) is 7.97. The quantitative estimate of drug-likeness (QED) is 0.336. The number of rotatable bonds is 5. The maximum Gasteiger partial charge on any atom is 0.313 e. The van der Waals surface area contributed by atoms with E-state index < -0.39 is 28.2 Å². The molecule has 3 amide bonds. The van der Waals surface area contributed by atoms with Gasteiger partial charge in [0.1, 0.15) is 5.58 Å². The fourth-order valence-corrected chi connectivity index (χ4v) is 3.82. The zero-order valence-corrected chi connectivity index (χ0v) is 18.0. The topological polar surface area (TPSA) is 135 Å². The highest BCUT2D eigenvalue weighted by atomic mass is 19.1. The van der Waals surface area contributed by atoms with Crippen molar-refractivity contribution in [3.05, 3.63) is 70.2 Å². The van der Waals surface area contributed by atoms with E-state index in [4.69, 9.17) is 4.42 Å². The highest BCUT2D eigenvalue weighted by Crippen LogP contribution is 2.24. The number of likely N-dealkylation sites (tertiary alicyclic amines) is 1. The summed E-state index contributed by atoms with van der Waals surface area (Å²) in [5.74, 6) is -2.80. The normalized spacial score (nSPS) is 14.1. The summed E-state index contributed by atoms with van der Waals surface area (Å²) in [5, 5.41) is 16.4. The molecule has 1 aromatic heterocycles. The Hall–Kier alpha value is -4.28. The average Bonchev–Trinajstić information content (AvgIpc) is 3.27. The summed E-state index contributed by atoms with van der Waals surface area (Å²) in [6, 6.07) is 11.9. The minimum Gasteiger partial charge on any atom is -0.451 e. The molecule has 34 heavy (non-hydrogen) atoms. The molecule has 1 aliphatic heterocycles. The molecule has 1 saturated heterocycles. The van der Waals surface area contributed by atoms with E-state index in [0.717, 1.165) is 23.6 Å². The van der Waals surface area contributed by atoms with E-state index in [1.54, 1.807) is 17.0 Å². The van der Waals surface area contributed by atoms with Gasteiger partial charge in [-0.2, -0.15) is 4.39 Å². The summed E-state index contributed by atoms with van der Waals surface area (Å²) in [7, 11) is 0. The molecule has 2 heterocycles. The number of para-hydroxylation sites is 1. The maximum atomic E-state index is 13.4. The van der Waals surface area contributed by atoms with Gasteiger partial charge in [0.05, 0.1) is 4.92 Å². The van der Waals surface area contributed by atoms with Crippen molar-refractivity contribution >= 4 is 40.1 Å². The third-order valence-electron chi connectivity index (χ3n) is 5.70. The van der Waals surface area contributed by atoms with Gasteiger partial charge in [-0.25, -0.2) is 0 Å². The molecule has 0 atom stereocenters. The van der Waals surface area contributed by atoms with Gasteiger partial charge in [0.15, 0.2) is 5.76 Å². The van der Waals surface area contributed by atoms with E-state index in [-0.39, 0.29) is 29.8 Å². The molecule has 1 aliphatic rings. The Kier molecular flexibility index (Phi) is 6.53. The largest absolute Gasteiger partial charge is 0.451 e. The van der Waals surface area contributed by atoms with Gasteiger partial charge in [-0.05, 0) is 43.0 Å². The van der Waals surface area contributed by atoms with Crippen LogP contribution in [0, 0.1) is 21.8 Å². The van der Waals surface area contributed by atoms with Crippen LogP contribution in [0.3, 0.4) is 0 Å². The van der Waals surface area contributed by atoms with Crippen molar-refractivity contribution in [2.75, 3.05) is 25.0 Å². The zero-order valence-electron chi connectivity index (χ0n) is 18.0. The van der Waals surface area contributed by atoms with Crippen molar-refractivity contribution in [3.8, 4) is 0 Å². The van der Waals surface area contributed by atoms with Crippen molar-refractivity contribution in [1.29, 1.82) is 0 Å². The number of piperidine rings is 1. The Labute approximate surface area is 192 Å². The smallest absolute Gasteiger partial charge is 0.313 e. The highest BCUT2D eigenvalue weighted by Gasteiger charge is 2.26. The van der Waals surface area contributed by atoms with Gasteiger partial charge in [0.2, 0.25) is 5.82 Å². The molecule has 176 valence electrons. The number of fused-ring (bicyclic) bond motifs is 1. The van der Waals surface area contributed by atoms with Gasteiger partial charge in [0, 0.05) is 36.8 Å². The second-order valence-electron chi connectivity index (χ2n) is 7.97.